The van der Waals surface area contributed by atoms with E-state index < -0.39 is 0 Å². The molecule has 1 N–H and O–H groups in total. The van der Waals surface area contributed by atoms with Gasteiger partial charge < -0.3 is 5.11 Å². The van der Waals surface area contributed by atoms with E-state index >= 15 is 0 Å². The Morgan fingerprint density at radius 2 is 1.28 bits per heavy atom. The maximum atomic E-state index is 12.1. The van der Waals surface area contributed by atoms with Gasteiger partial charge in [-0.05, 0) is 63.4 Å². The van der Waals surface area contributed by atoms with E-state index in [2.05, 4.69) is 125 Å². The van der Waals surface area contributed by atoms with Crippen LogP contribution < -0.4 is 0 Å². The zero-order valence-corrected chi connectivity index (χ0v) is 35.2. The molecule has 0 radical (unpaired) electrons. The molecule has 8 aromatic rings. The largest absolute Gasteiger partial charge is 0.507 e. The average Bonchev–Trinajstić information content (AvgIpc) is 3.60. The second-order valence-electron chi connectivity index (χ2n) is 16.3. The van der Waals surface area contributed by atoms with E-state index in [1.165, 1.54) is 0 Å². The molecule has 6 aromatic carbocycles. The molecule has 0 aliphatic heterocycles. The molecule has 0 fully saturated rings. The summed E-state index contributed by atoms with van der Waals surface area (Å²) in [6.07, 6.45) is 1.70. The van der Waals surface area contributed by atoms with E-state index in [0.717, 1.165) is 66.8 Å². The van der Waals surface area contributed by atoms with Gasteiger partial charge in [0.2, 0.25) is 0 Å². The molecule has 0 atom stereocenters. The zero-order chi connectivity index (χ0) is 39.2. The molecule has 57 heavy (non-hydrogen) atoms. The van der Waals surface area contributed by atoms with Crippen molar-refractivity contribution in [3.05, 3.63) is 168 Å². The maximum Gasteiger partial charge on any atom is 0.148 e. The van der Waals surface area contributed by atoms with Crippen LogP contribution in [0.25, 0.3) is 72.7 Å². The standard InChI is InChI=1S/C51H43N4O.Pt/c1-50(2,3)39-30-42(48(56)43(31-39)51(4,5)6)49-54-47-41(23-16-24-44(47)55(49)40-21-14-9-15-22-40)37-27-36(33-17-10-7-11-18-33)28-38(29-37)46-45(34-19-12-8-13-20-34)35(32-52)25-26-53-46;/h7-28,30-31,56H,1-6H3;/q-1;. The summed E-state index contributed by atoms with van der Waals surface area (Å²) in [5.74, 6) is 0.887. The van der Waals surface area contributed by atoms with Crippen molar-refractivity contribution in [1.82, 2.24) is 14.5 Å². The van der Waals surface area contributed by atoms with Gasteiger partial charge in [-0.15, -0.1) is 23.8 Å². The van der Waals surface area contributed by atoms with Crippen molar-refractivity contribution in [2.75, 3.05) is 0 Å². The Labute approximate surface area is 349 Å². The van der Waals surface area contributed by atoms with E-state index in [1.54, 1.807) is 12.3 Å². The van der Waals surface area contributed by atoms with Crippen LogP contribution in [0.3, 0.4) is 0 Å². The molecule has 0 bridgehead atoms. The Morgan fingerprint density at radius 1 is 0.649 bits per heavy atom. The number of nitrogens with zero attached hydrogens (tertiary/aromatic N) is 4. The first-order chi connectivity index (χ1) is 26.9. The smallest absolute Gasteiger partial charge is 0.148 e. The number of pyridine rings is 1. The molecular weight excluding hydrogens is 880 g/mol. The van der Waals surface area contributed by atoms with Gasteiger partial charge in [0.25, 0.3) is 0 Å². The predicted molar refractivity (Wildman–Crippen MR) is 229 cm³/mol. The van der Waals surface area contributed by atoms with Crippen molar-refractivity contribution in [3.8, 4) is 73.5 Å². The van der Waals surface area contributed by atoms with Crippen LogP contribution in [0, 0.1) is 17.4 Å². The fraction of sp³-hybridized carbons (Fsp3) is 0.157. The van der Waals surface area contributed by atoms with Crippen LogP contribution in [0.4, 0.5) is 0 Å². The number of aromatic nitrogens is 3. The molecule has 6 heteroatoms. The quantitative estimate of drug-likeness (QED) is 0.169. The van der Waals surface area contributed by atoms with Crippen molar-refractivity contribution in [3.63, 3.8) is 0 Å². The Hall–Kier alpha value is -6.08. The Kier molecular flexibility index (Phi) is 10.6. The van der Waals surface area contributed by atoms with Crippen LogP contribution in [0.5, 0.6) is 5.75 Å². The van der Waals surface area contributed by atoms with E-state index in [0.29, 0.717) is 22.6 Å². The van der Waals surface area contributed by atoms with Crippen LogP contribution in [0.2, 0.25) is 0 Å². The second kappa shape index (κ2) is 15.5. The number of hydrogen-bond acceptors (Lipinski definition) is 4. The number of phenols is 1. The van der Waals surface area contributed by atoms with Gasteiger partial charge in [0.1, 0.15) is 11.6 Å². The first-order valence-corrected chi connectivity index (χ1v) is 19.0. The molecule has 8 rings (SSSR count). The summed E-state index contributed by atoms with van der Waals surface area (Å²) in [6, 6.07) is 53.1. The molecule has 0 aliphatic rings. The van der Waals surface area contributed by atoms with E-state index in [-0.39, 0.29) is 37.6 Å². The number of nitriles is 1. The molecule has 0 amide bonds. The van der Waals surface area contributed by atoms with Crippen LogP contribution in [-0.4, -0.2) is 19.6 Å². The minimum absolute atomic E-state index is 0. The molecule has 2 heterocycles. The predicted octanol–water partition coefficient (Wildman–Crippen LogP) is 12.7. The molecule has 5 nitrogen and oxygen atoms in total. The fourth-order valence-electron chi connectivity index (χ4n) is 7.44. The minimum atomic E-state index is -0.312. The number of benzene rings is 6. The molecular formula is C51H43N4OPt-. The van der Waals surface area contributed by atoms with E-state index in [9.17, 15) is 10.4 Å². The molecule has 0 aliphatic carbocycles. The molecule has 0 unspecified atom stereocenters. The molecule has 284 valence electrons. The third-order valence-electron chi connectivity index (χ3n) is 10.4. The normalized spacial score (nSPS) is 11.6. The third kappa shape index (κ3) is 7.46. The number of fused-ring (bicyclic) bond motifs is 1. The molecule has 2 aromatic heterocycles. The number of rotatable bonds is 6. The summed E-state index contributed by atoms with van der Waals surface area (Å²) in [4.78, 5) is 10.4. The zero-order valence-electron chi connectivity index (χ0n) is 32.9. The van der Waals surface area contributed by atoms with Gasteiger partial charge in [0.05, 0.1) is 28.2 Å². The number of imidazole rings is 1. The summed E-state index contributed by atoms with van der Waals surface area (Å²) in [7, 11) is 0. The van der Waals surface area contributed by atoms with Gasteiger partial charge in [-0.2, -0.15) is 5.26 Å². The SMILES string of the molecule is CC(C)(C)c1cc(-c2nc3c(-c4[c-]c(-c5nccc(C#N)c5-c5ccccc5)cc(-c5ccccc5)c4)cccc3n2-c2ccccc2)c(O)c(C(C)(C)C)c1.[Pt]. The number of hydrogen-bond donors (Lipinski definition) is 1. The Balaban J connectivity index is 0.00000496. The number of para-hydroxylation sites is 2. The Bertz CT molecular complexity index is 2770. The monoisotopic (exact) mass is 922 g/mol. The van der Waals surface area contributed by atoms with Gasteiger partial charge in [-0.25, -0.2) is 4.98 Å². The third-order valence-corrected chi connectivity index (χ3v) is 10.4. The summed E-state index contributed by atoms with van der Waals surface area (Å²) in [6.45, 7) is 13.0. The van der Waals surface area contributed by atoms with Crippen LogP contribution >= 0.6 is 0 Å². The van der Waals surface area contributed by atoms with E-state index in [1.807, 2.05) is 66.7 Å². The van der Waals surface area contributed by atoms with Crippen molar-refractivity contribution < 1.29 is 26.2 Å². The number of phenolic OH excluding ortho intramolecular Hbond substituents is 1. The summed E-state index contributed by atoms with van der Waals surface area (Å²) in [5.41, 5.74) is 12.2. The first-order valence-electron chi connectivity index (χ1n) is 19.0. The van der Waals surface area contributed by atoms with Crippen molar-refractivity contribution >= 4 is 11.0 Å². The van der Waals surface area contributed by atoms with Crippen LogP contribution in [0.1, 0.15) is 58.2 Å². The summed E-state index contributed by atoms with van der Waals surface area (Å²) < 4.78 is 2.15. The maximum absolute atomic E-state index is 12.1. The fourth-order valence-corrected chi connectivity index (χ4v) is 7.44. The molecule has 0 saturated carbocycles. The van der Waals surface area contributed by atoms with Crippen molar-refractivity contribution in [2.24, 2.45) is 0 Å². The summed E-state index contributed by atoms with van der Waals surface area (Å²) in [5, 5.41) is 22.4. The topological polar surface area (TPSA) is 74.7 Å². The van der Waals surface area contributed by atoms with Gasteiger partial charge in [-0.3, -0.25) is 9.55 Å². The molecule has 0 saturated heterocycles. The second-order valence-corrected chi connectivity index (χ2v) is 16.3. The first kappa shape index (κ1) is 39.2. The van der Waals surface area contributed by atoms with Gasteiger partial charge in [-0.1, -0.05) is 155 Å². The number of aromatic hydroxyl groups is 1. The van der Waals surface area contributed by atoms with Crippen LogP contribution in [-0.2, 0) is 31.9 Å². The van der Waals surface area contributed by atoms with Gasteiger partial charge in [0.15, 0.2) is 0 Å². The Morgan fingerprint density at radius 3 is 1.91 bits per heavy atom. The van der Waals surface area contributed by atoms with Crippen molar-refractivity contribution in [1.29, 1.82) is 5.26 Å². The molecule has 0 spiro atoms. The van der Waals surface area contributed by atoms with Crippen molar-refractivity contribution in [2.45, 2.75) is 52.4 Å². The van der Waals surface area contributed by atoms with Gasteiger partial charge >= 0.3 is 0 Å². The van der Waals surface area contributed by atoms with Crippen LogP contribution in [0.15, 0.2) is 146 Å². The summed E-state index contributed by atoms with van der Waals surface area (Å²) >= 11 is 0. The average molecular weight is 923 g/mol. The van der Waals surface area contributed by atoms with Gasteiger partial charge in [0, 0.05) is 44.2 Å². The minimum Gasteiger partial charge on any atom is -0.507 e. The van der Waals surface area contributed by atoms with E-state index in [4.69, 9.17) is 9.97 Å².